The van der Waals surface area contributed by atoms with Gasteiger partial charge in [-0.15, -0.1) is 0 Å². The number of aliphatic hydroxyl groups is 1. The number of hydrogen-bond donors (Lipinski definition) is 2. The maximum absolute atomic E-state index is 12.1. The topological polar surface area (TPSA) is 84.4 Å². The molecule has 0 fully saturated rings. The van der Waals surface area contributed by atoms with Crippen molar-refractivity contribution < 1.29 is 14.6 Å². The molecule has 1 heterocycles. The zero-order valence-electron chi connectivity index (χ0n) is 12.3. The Hall–Kier alpha value is -2.34. The van der Waals surface area contributed by atoms with E-state index in [-0.39, 0.29) is 18.6 Å². The Morgan fingerprint density at radius 2 is 1.81 bits per heavy atom. The van der Waals surface area contributed by atoms with Gasteiger partial charge in [-0.25, -0.2) is 4.98 Å². The summed E-state index contributed by atoms with van der Waals surface area (Å²) in [6.45, 7) is 1.67. The maximum atomic E-state index is 12.1. The molecule has 6 nitrogen and oxygen atoms in total. The standard InChI is InChI=1S/C15H18N2O4/c1-9-13(4-5-18)15(19)17-14(16-9)10-6-11(20-2)8-12(7-10)21-3/h6-8,18H,4-5H2,1-3H3,(H,16,17,19). The van der Waals surface area contributed by atoms with Crippen molar-refractivity contribution in [2.24, 2.45) is 0 Å². The summed E-state index contributed by atoms with van der Waals surface area (Å²) < 4.78 is 10.4. The van der Waals surface area contributed by atoms with Crippen molar-refractivity contribution in [3.63, 3.8) is 0 Å². The Balaban J connectivity index is 2.54. The molecule has 2 N–H and O–H groups in total. The van der Waals surface area contributed by atoms with E-state index in [1.807, 2.05) is 0 Å². The Kier molecular flexibility index (Phi) is 4.59. The van der Waals surface area contributed by atoms with Crippen LogP contribution < -0.4 is 15.0 Å². The second-order valence-corrected chi connectivity index (χ2v) is 4.55. The molecule has 0 spiro atoms. The van der Waals surface area contributed by atoms with Crippen LogP contribution in [0, 0.1) is 6.92 Å². The first-order valence-electron chi connectivity index (χ1n) is 6.53. The second kappa shape index (κ2) is 6.41. The Morgan fingerprint density at radius 3 is 2.29 bits per heavy atom. The van der Waals surface area contributed by atoms with Gasteiger partial charge in [0, 0.05) is 35.9 Å². The average molecular weight is 290 g/mol. The van der Waals surface area contributed by atoms with Gasteiger partial charge in [-0.3, -0.25) is 4.79 Å². The van der Waals surface area contributed by atoms with E-state index in [1.165, 1.54) is 0 Å². The zero-order valence-corrected chi connectivity index (χ0v) is 12.3. The van der Waals surface area contributed by atoms with Crippen molar-refractivity contribution in [1.82, 2.24) is 9.97 Å². The lowest BCUT2D eigenvalue weighted by molar-refractivity contribution is 0.298. The molecule has 0 saturated heterocycles. The fourth-order valence-corrected chi connectivity index (χ4v) is 2.10. The number of hydrogen-bond acceptors (Lipinski definition) is 5. The van der Waals surface area contributed by atoms with Gasteiger partial charge in [0.25, 0.3) is 5.56 Å². The number of methoxy groups -OCH3 is 2. The first kappa shape index (κ1) is 15.1. The number of aryl methyl sites for hydroxylation is 1. The van der Waals surface area contributed by atoms with Gasteiger partial charge in [-0.1, -0.05) is 0 Å². The van der Waals surface area contributed by atoms with E-state index in [0.717, 1.165) is 0 Å². The summed E-state index contributed by atoms with van der Waals surface area (Å²) in [6, 6.07) is 5.28. The summed E-state index contributed by atoms with van der Waals surface area (Å²) in [5, 5.41) is 8.98. The highest BCUT2D eigenvalue weighted by Crippen LogP contribution is 2.27. The van der Waals surface area contributed by atoms with E-state index in [1.54, 1.807) is 39.3 Å². The fourth-order valence-electron chi connectivity index (χ4n) is 2.10. The zero-order chi connectivity index (χ0) is 15.4. The number of aliphatic hydroxyl groups excluding tert-OH is 1. The highest BCUT2D eigenvalue weighted by Gasteiger charge is 2.11. The molecule has 0 radical (unpaired) electrons. The molecule has 0 bridgehead atoms. The number of benzene rings is 1. The third-order valence-corrected chi connectivity index (χ3v) is 3.21. The van der Waals surface area contributed by atoms with E-state index in [4.69, 9.17) is 14.6 Å². The van der Waals surface area contributed by atoms with Gasteiger partial charge in [0.15, 0.2) is 0 Å². The third kappa shape index (κ3) is 3.22. The van der Waals surface area contributed by atoms with Crippen LogP contribution >= 0.6 is 0 Å². The lowest BCUT2D eigenvalue weighted by Gasteiger charge is -2.10. The Bertz CT molecular complexity index is 672. The molecule has 6 heteroatoms. The van der Waals surface area contributed by atoms with Crippen LogP contribution in [0.25, 0.3) is 11.4 Å². The third-order valence-electron chi connectivity index (χ3n) is 3.21. The normalized spacial score (nSPS) is 10.5. The number of H-pyrrole nitrogens is 1. The molecular formula is C15H18N2O4. The van der Waals surface area contributed by atoms with Gasteiger partial charge in [0.1, 0.15) is 17.3 Å². The van der Waals surface area contributed by atoms with Crippen molar-refractivity contribution in [3.05, 3.63) is 39.8 Å². The molecule has 0 aliphatic rings. The minimum Gasteiger partial charge on any atom is -0.497 e. The molecule has 2 rings (SSSR count). The average Bonchev–Trinajstić information content (AvgIpc) is 2.50. The van der Waals surface area contributed by atoms with Gasteiger partial charge in [-0.05, 0) is 19.1 Å². The predicted molar refractivity (Wildman–Crippen MR) is 78.9 cm³/mol. The summed E-state index contributed by atoms with van der Waals surface area (Å²) in [4.78, 5) is 19.2. The van der Waals surface area contributed by atoms with Crippen LogP contribution in [-0.4, -0.2) is 35.9 Å². The van der Waals surface area contributed by atoms with Gasteiger partial charge in [0.2, 0.25) is 0 Å². The summed E-state index contributed by atoms with van der Waals surface area (Å²) in [5.41, 5.74) is 1.55. The van der Waals surface area contributed by atoms with Gasteiger partial charge in [0.05, 0.1) is 14.2 Å². The second-order valence-electron chi connectivity index (χ2n) is 4.55. The van der Waals surface area contributed by atoms with Crippen LogP contribution in [-0.2, 0) is 6.42 Å². The number of ether oxygens (including phenoxy) is 2. The first-order valence-corrected chi connectivity index (χ1v) is 6.53. The minimum absolute atomic E-state index is 0.0854. The molecule has 21 heavy (non-hydrogen) atoms. The van der Waals surface area contributed by atoms with E-state index < -0.39 is 0 Å². The molecule has 112 valence electrons. The highest BCUT2D eigenvalue weighted by atomic mass is 16.5. The minimum atomic E-state index is -0.242. The van der Waals surface area contributed by atoms with Crippen LogP contribution in [0.15, 0.2) is 23.0 Å². The molecule has 2 aromatic rings. The number of nitrogens with one attached hydrogen (secondary N) is 1. The van der Waals surface area contributed by atoms with Crippen LogP contribution in [0.3, 0.4) is 0 Å². The van der Waals surface area contributed by atoms with E-state index in [0.29, 0.717) is 34.1 Å². The molecule has 0 saturated carbocycles. The van der Waals surface area contributed by atoms with E-state index >= 15 is 0 Å². The first-order chi connectivity index (χ1) is 10.1. The Morgan fingerprint density at radius 1 is 1.19 bits per heavy atom. The molecule has 1 aromatic carbocycles. The largest absolute Gasteiger partial charge is 0.497 e. The van der Waals surface area contributed by atoms with Crippen molar-refractivity contribution in [2.75, 3.05) is 20.8 Å². The number of aromatic nitrogens is 2. The predicted octanol–water partition coefficient (Wildman–Crippen LogP) is 1.30. The lowest BCUT2D eigenvalue weighted by Crippen LogP contribution is -2.18. The summed E-state index contributed by atoms with van der Waals surface area (Å²) in [6.07, 6.45) is 0.288. The number of aromatic amines is 1. The molecule has 1 aromatic heterocycles. The fraction of sp³-hybridized carbons (Fsp3) is 0.333. The van der Waals surface area contributed by atoms with Crippen LogP contribution in [0.1, 0.15) is 11.3 Å². The summed E-state index contributed by atoms with van der Waals surface area (Å²) in [7, 11) is 3.12. The van der Waals surface area contributed by atoms with Crippen LogP contribution in [0.2, 0.25) is 0 Å². The Labute approximate surface area is 122 Å². The van der Waals surface area contributed by atoms with E-state index in [2.05, 4.69) is 9.97 Å². The van der Waals surface area contributed by atoms with Crippen molar-refractivity contribution in [2.45, 2.75) is 13.3 Å². The summed E-state index contributed by atoms with van der Waals surface area (Å²) >= 11 is 0. The maximum Gasteiger partial charge on any atom is 0.254 e. The van der Waals surface area contributed by atoms with Crippen molar-refractivity contribution in [3.8, 4) is 22.9 Å². The summed E-state index contributed by atoms with van der Waals surface area (Å²) in [5.74, 6) is 1.67. The molecule has 0 atom stereocenters. The van der Waals surface area contributed by atoms with Crippen molar-refractivity contribution in [1.29, 1.82) is 0 Å². The quantitative estimate of drug-likeness (QED) is 0.867. The molecule has 0 aliphatic heterocycles. The number of rotatable bonds is 5. The lowest BCUT2D eigenvalue weighted by atomic mass is 10.1. The van der Waals surface area contributed by atoms with Crippen LogP contribution in [0.5, 0.6) is 11.5 Å². The SMILES string of the molecule is COc1cc(OC)cc(-c2nc(C)c(CCO)c(=O)[nH]2)c1. The van der Waals surface area contributed by atoms with Gasteiger partial charge in [-0.2, -0.15) is 0 Å². The monoisotopic (exact) mass is 290 g/mol. The smallest absolute Gasteiger partial charge is 0.254 e. The molecule has 0 aliphatic carbocycles. The highest BCUT2D eigenvalue weighted by molar-refractivity contribution is 5.61. The van der Waals surface area contributed by atoms with Gasteiger partial charge >= 0.3 is 0 Å². The number of nitrogens with zero attached hydrogens (tertiary/aromatic N) is 1. The molecule has 0 amide bonds. The van der Waals surface area contributed by atoms with Crippen LogP contribution in [0.4, 0.5) is 0 Å². The molecular weight excluding hydrogens is 272 g/mol. The van der Waals surface area contributed by atoms with E-state index in [9.17, 15) is 4.79 Å². The van der Waals surface area contributed by atoms with Gasteiger partial charge < -0.3 is 19.6 Å². The van der Waals surface area contributed by atoms with Crippen molar-refractivity contribution >= 4 is 0 Å². The molecule has 0 unspecified atom stereocenters.